The smallest absolute Gasteiger partial charge is 0.282 e. The highest BCUT2D eigenvalue weighted by molar-refractivity contribution is 14.1. The van der Waals surface area contributed by atoms with Crippen LogP contribution >= 0.6 is 38.5 Å². The Kier molecular flexibility index (Phi) is 8.73. The molecule has 0 N–H and O–H groups in total. The lowest BCUT2D eigenvalue weighted by molar-refractivity contribution is 0.264. The van der Waals surface area contributed by atoms with E-state index >= 15 is 0 Å². The molecule has 0 spiro atoms. The summed E-state index contributed by atoms with van der Waals surface area (Å²) in [5, 5.41) is 4.99. The average Bonchev–Trinajstić information content (AvgIpc) is 2.85. The average molecular weight is 664 g/mol. The van der Waals surface area contributed by atoms with Gasteiger partial charge in [0.1, 0.15) is 18.2 Å². The molecule has 186 valence electrons. The molecule has 1 aromatic heterocycles. The van der Waals surface area contributed by atoms with Gasteiger partial charge < -0.3 is 9.47 Å². The van der Waals surface area contributed by atoms with Gasteiger partial charge in [0.15, 0.2) is 11.5 Å². The molecule has 4 aromatic rings. The number of hydrogen-bond acceptors (Lipinski definition) is 5. The van der Waals surface area contributed by atoms with Crippen molar-refractivity contribution in [3.05, 3.63) is 95.8 Å². The SMILES string of the molecule is CCCc1nc2ccc(Br)cc2c(=O)n1N=Cc1cc(I)c(OCc2ccccc2F)c(OCC)c1. The second kappa shape index (κ2) is 12.0. The van der Waals surface area contributed by atoms with Gasteiger partial charge in [-0.2, -0.15) is 9.78 Å². The summed E-state index contributed by atoms with van der Waals surface area (Å²) in [7, 11) is 0. The van der Waals surface area contributed by atoms with E-state index in [1.807, 2.05) is 32.0 Å². The summed E-state index contributed by atoms with van der Waals surface area (Å²) in [6.45, 7) is 4.41. The maximum absolute atomic E-state index is 14.0. The zero-order valence-electron chi connectivity index (χ0n) is 19.8. The van der Waals surface area contributed by atoms with Crippen LogP contribution in [0.5, 0.6) is 11.5 Å². The molecule has 4 rings (SSSR count). The fourth-order valence-electron chi connectivity index (χ4n) is 3.65. The van der Waals surface area contributed by atoms with Gasteiger partial charge in [0.2, 0.25) is 0 Å². The van der Waals surface area contributed by atoms with Gasteiger partial charge in [-0.3, -0.25) is 4.79 Å². The highest BCUT2D eigenvalue weighted by atomic mass is 127. The number of nitrogens with zero attached hydrogens (tertiary/aromatic N) is 3. The molecule has 6 nitrogen and oxygen atoms in total. The summed E-state index contributed by atoms with van der Waals surface area (Å²) >= 11 is 5.58. The standard InChI is InChI=1S/C27H24BrFIN3O3/c1-3-7-25-32-23-11-10-19(28)14-20(23)27(34)33(25)31-15-17-12-22(30)26(24(13-17)35-4-2)36-16-18-8-5-6-9-21(18)29/h5-6,8-15H,3-4,7,16H2,1-2H3. The quantitative estimate of drug-likeness (QED) is 0.147. The monoisotopic (exact) mass is 663 g/mol. The van der Waals surface area contributed by atoms with Crippen LogP contribution in [0.2, 0.25) is 0 Å². The van der Waals surface area contributed by atoms with Crippen molar-refractivity contribution in [1.29, 1.82) is 0 Å². The summed E-state index contributed by atoms with van der Waals surface area (Å²) in [6.07, 6.45) is 3.05. The van der Waals surface area contributed by atoms with E-state index in [1.54, 1.807) is 36.5 Å². The molecule has 0 saturated carbocycles. The molecule has 0 bridgehead atoms. The van der Waals surface area contributed by atoms with E-state index in [0.717, 1.165) is 20.0 Å². The van der Waals surface area contributed by atoms with Gasteiger partial charge in [-0.15, -0.1) is 0 Å². The van der Waals surface area contributed by atoms with E-state index in [9.17, 15) is 9.18 Å². The summed E-state index contributed by atoms with van der Waals surface area (Å²) < 4.78 is 28.7. The van der Waals surface area contributed by atoms with Crippen LogP contribution in [0.25, 0.3) is 10.9 Å². The fraction of sp³-hybridized carbons (Fsp3) is 0.222. The maximum Gasteiger partial charge on any atom is 0.282 e. The molecule has 9 heteroatoms. The van der Waals surface area contributed by atoms with Crippen molar-refractivity contribution >= 4 is 55.6 Å². The molecular formula is C27H24BrFIN3O3. The highest BCUT2D eigenvalue weighted by Crippen LogP contribution is 2.34. The molecule has 0 amide bonds. The van der Waals surface area contributed by atoms with Crippen molar-refractivity contribution in [2.75, 3.05) is 6.61 Å². The molecule has 0 aliphatic carbocycles. The molecule has 1 heterocycles. The van der Waals surface area contributed by atoms with E-state index in [1.165, 1.54) is 10.7 Å². The van der Waals surface area contributed by atoms with Crippen molar-refractivity contribution in [3.8, 4) is 11.5 Å². The zero-order valence-corrected chi connectivity index (χ0v) is 23.5. The molecule has 3 aromatic carbocycles. The molecule has 0 saturated heterocycles. The van der Waals surface area contributed by atoms with E-state index < -0.39 is 0 Å². The minimum Gasteiger partial charge on any atom is -0.490 e. The van der Waals surface area contributed by atoms with E-state index in [-0.39, 0.29) is 18.0 Å². The number of aryl methyl sites for hydroxylation is 1. The number of halogens is 3. The first-order valence-corrected chi connectivity index (χ1v) is 13.4. The van der Waals surface area contributed by atoms with Gasteiger partial charge in [-0.05, 0) is 77.9 Å². The maximum atomic E-state index is 14.0. The summed E-state index contributed by atoms with van der Waals surface area (Å²) in [5.74, 6) is 1.32. The van der Waals surface area contributed by atoms with Crippen LogP contribution in [0.4, 0.5) is 4.39 Å². The van der Waals surface area contributed by atoms with Gasteiger partial charge in [0.05, 0.1) is 27.3 Å². The third-order valence-corrected chi connectivity index (χ3v) is 6.63. The highest BCUT2D eigenvalue weighted by Gasteiger charge is 2.14. The van der Waals surface area contributed by atoms with Crippen LogP contribution < -0.4 is 15.0 Å². The largest absolute Gasteiger partial charge is 0.490 e. The number of benzene rings is 3. The van der Waals surface area contributed by atoms with Gasteiger partial charge in [0, 0.05) is 16.5 Å². The normalized spacial score (nSPS) is 11.4. The second-order valence-electron chi connectivity index (χ2n) is 7.94. The summed E-state index contributed by atoms with van der Waals surface area (Å²) in [4.78, 5) is 17.9. The molecule has 36 heavy (non-hydrogen) atoms. The Morgan fingerprint density at radius 3 is 2.69 bits per heavy atom. The summed E-state index contributed by atoms with van der Waals surface area (Å²) in [6, 6.07) is 15.6. The fourth-order valence-corrected chi connectivity index (χ4v) is 4.80. The van der Waals surface area contributed by atoms with Gasteiger partial charge in [0.25, 0.3) is 5.56 Å². The predicted octanol–water partition coefficient (Wildman–Crippen LogP) is 6.72. The number of hydrogen-bond donors (Lipinski definition) is 0. The van der Waals surface area contributed by atoms with Crippen LogP contribution in [0.15, 0.2) is 69.0 Å². The van der Waals surface area contributed by atoms with Crippen LogP contribution in [0.1, 0.15) is 37.2 Å². The minimum absolute atomic E-state index is 0.0737. The molecule has 0 radical (unpaired) electrons. The van der Waals surface area contributed by atoms with Crippen molar-refractivity contribution in [2.45, 2.75) is 33.3 Å². The molecule has 0 fully saturated rings. The molecular weight excluding hydrogens is 640 g/mol. The van der Waals surface area contributed by atoms with Gasteiger partial charge in [-0.1, -0.05) is 41.1 Å². The Morgan fingerprint density at radius 2 is 1.94 bits per heavy atom. The second-order valence-corrected chi connectivity index (χ2v) is 10.0. The minimum atomic E-state index is -0.321. The molecule has 0 aliphatic heterocycles. The van der Waals surface area contributed by atoms with Crippen LogP contribution in [-0.2, 0) is 13.0 Å². The Labute approximate surface area is 230 Å². The van der Waals surface area contributed by atoms with E-state index in [0.29, 0.717) is 46.8 Å². The first kappa shape index (κ1) is 26.3. The summed E-state index contributed by atoms with van der Waals surface area (Å²) in [5.41, 5.74) is 1.60. The van der Waals surface area contributed by atoms with Crippen molar-refractivity contribution < 1.29 is 13.9 Å². The molecule has 0 atom stereocenters. The third-order valence-electron chi connectivity index (χ3n) is 5.33. The number of rotatable bonds is 9. The first-order chi connectivity index (χ1) is 17.4. The third kappa shape index (κ3) is 5.95. The Bertz CT molecular complexity index is 1490. The first-order valence-electron chi connectivity index (χ1n) is 11.5. The number of ether oxygens (including phenoxy) is 2. The zero-order chi connectivity index (χ0) is 25.7. The lowest BCUT2D eigenvalue weighted by Gasteiger charge is -2.15. The van der Waals surface area contributed by atoms with Gasteiger partial charge in [-0.25, -0.2) is 9.37 Å². The Balaban J connectivity index is 1.70. The van der Waals surface area contributed by atoms with Crippen molar-refractivity contribution in [3.63, 3.8) is 0 Å². The molecule has 0 unspecified atom stereocenters. The van der Waals surface area contributed by atoms with Gasteiger partial charge >= 0.3 is 0 Å². The van der Waals surface area contributed by atoms with Crippen LogP contribution in [0, 0.1) is 9.39 Å². The van der Waals surface area contributed by atoms with E-state index in [4.69, 9.17) is 9.47 Å². The number of fused-ring (bicyclic) bond motifs is 1. The topological polar surface area (TPSA) is 65.7 Å². The van der Waals surface area contributed by atoms with Crippen LogP contribution in [-0.4, -0.2) is 22.5 Å². The lowest BCUT2D eigenvalue weighted by atomic mass is 10.2. The number of aromatic nitrogens is 2. The predicted molar refractivity (Wildman–Crippen MR) is 152 cm³/mol. The van der Waals surface area contributed by atoms with Crippen molar-refractivity contribution in [1.82, 2.24) is 9.66 Å². The van der Waals surface area contributed by atoms with E-state index in [2.05, 4.69) is 48.6 Å². The Morgan fingerprint density at radius 1 is 1.14 bits per heavy atom. The lowest BCUT2D eigenvalue weighted by Crippen LogP contribution is -2.22. The van der Waals surface area contributed by atoms with Crippen LogP contribution in [0.3, 0.4) is 0 Å². The van der Waals surface area contributed by atoms with Crippen molar-refractivity contribution in [2.24, 2.45) is 5.10 Å². The molecule has 0 aliphatic rings. The Hall–Kier alpha value is -2.79.